The predicted molar refractivity (Wildman–Crippen MR) is 65.3 cm³/mol. The molecule has 0 aromatic heterocycles. The fourth-order valence-corrected chi connectivity index (χ4v) is 1.66. The predicted octanol–water partition coefficient (Wildman–Crippen LogP) is 4.25. The Labute approximate surface area is 106 Å². The minimum absolute atomic E-state index is 0.0934. The Morgan fingerprint density at radius 1 is 1.12 bits per heavy atom. The van der Waals surface area contributed by atoms with E-state index in [2.05, 4.69) is 15.9 Å². The maximum Gasteiger partial charge on any atom is 0.166 e. The van der Waals surface area contributed by atoms with Crippen LogP contribution in [-0.2, 0) is 0 Å². The second kappa shape index (κ2) is 4.98. The standard InChI is InChI=1S/C13H7BrFNO/c14-10-5-6-13(11(15)7-10)17-12-4-2-1-3-9(12)8-16/h1-7H. The highest BCUT2D eigenvalue weighted by Crippen LogP contribution is 2.28. The summed E-state index contributed by atoms with van der Waals surface area (Å²) in [5.74, 6) is -0.0424. The summed E-state index contributed by atoms with van der Waals surface area (Å²) >= 11 is 3.16. The zero-order valence-corrected chi connectivity index (χ0v) is 10.2. The van der Waals surface area contributed by atoms with E-state index >= 15 is 0 Å². The third-order valence-electron chi connectivity index (χ3n) is 2.12. The lowest BCUT2D eigenvalue weighted by Crippen LogP contribution is -1.90. The van der Waals surface area contributed by atoms with E-state index in [0.29, 0.717) is 15.8 Å². The van der Waals surface area contributed by atoms with Crippen LogP contribution in [0.25, 0.3) is 0 Å². The van der Waals surface area contributed by atoms with Gasteiger partial charge < -0.3 is 4.74 Å². The van der Waals surface area contributed by atoms with Crippen LogP contribution in [-0.4, -0.2) is 0 Å². The van der Waals surface area contributed by atoms with Gasteiger partial charge in [0.1, 0.15) is 11.8 Å². The van der Waals surface area contributed by atoms with Crippen LogP contribution in [0.5, 0.6) is 11.5 Å². The molecule has 0 aliphatic rings. The van der Waals surface area contributed by atoms with Gasteiger partial charge in [-0.05, 0) is 30.3 Å². The molecule has 0 aliphatic heterocycles. The molecule has 0 N–H and O–H groups in total. The minimum atomic E-state index is -0.480. The summed E-state index contributed by atoms with van der Waals surface area (Å²) in [4.78, 5) is 0. The van der Waals surface area contributed by atoms with Crippen LogP contribution in [0.2, 0.25) is 0 Å². The van der Waals surface area contributed by atoms with Gasteiger partial charge >= 0.3 is 0 Å². The van der Waals surface area contributed by atoms with Gasteiger partial charge in [-0.2, -0.15) is 5.26 Å². The number of hydrogen-bond acceptors (Lipinski definition) is 2. The summed E-state index contributed by atoms with van der Waals surface area (Å²) in [5, 5.41) is 8.88. The monoisotopic (exact) mass is 291 g/mol. The maximum absolute atomic E-state index is 13.5. The summed E-state index contributed by atoms with van der Waals surface area (Å²) in [5.41, 5.74) is 0.370. The molecule has 0 spiro atoms. The maximum atomic E-state index is 13.5. The minimum Gasteiger partial charge on any atom is -0.453 e. The van der Waals surface area contributed by atoms with Crippen LogP contribution in [0.15, 0.2) is 46.9 Å². The number of ether oxygens (including phenoxy) is 1. The van der Waals surface area contributed by atoms with Crippen LogP contribution >= 0.6 is 15.9 Å². The van der Waals surface area contributed by atoms with Crippen molar-refractivity contribution in [1.82, 2.24) is 0 Å². The molecule has 0 bridgehead atoms. The van der Waals surface area contributed by atoms with E-state index in [4.69, 9.17) is 10.00 Å². The molecule has 0 saturated carbocycles. The molecule has 4 heteroatoms. The Hall–Kier alpha value is -1.86. The Kier molecular flexibility index (Phi) is 3.40. The number of hydrogen-bond donors (Lipinski definition) is 0. The van der Waals surface area contributed by atoms with Crippen molar-refractivity contribution in [2.75, 3.05) is 0 Å². The Morgan fingerprint density at radius 3 is 2.59 bits per heavy atom. The van der Waals surface area contributed by atoms with Crippen molar-refractivity contribution in [3.05, 3.63) is 58.3 Å². The van der Waals surface area contributed by atoms with E-state index in [1.165, 1.54) is 12.1 Å². The van der Waals surface area contributed by atoms with Crippen LogP contribution in [0.1, 0.15) is 5.56 Å². The van der Waals surface area contributed by atoms with Crippen LogP contribution in [0.3, 0.4) is 0 Å². The first-order chi connectivity index (χ1) is 8.20. The number of nitrogens with zero attached hydrogens (tertiary/aromatic N) is 1. The van der Waals surface area contributed by atoms with Gasteiger partial charge in [0.05, 0.1) is 5.56 Å². The number of nitriles is 1. The van der Waals surface area contributed by atoms with E-state index in [1.807, 2.05) is 6.07 Å². The van der Waals surface area contributed by atoms with Crippen molar-refractivity contribution in [3.63, 3.8) is 0 Å². The third-order valence-corrected chi connectivity index (χ3v) is 2.61. The molecule has 0 saturated heterocycles. The van der Waals surface area contributed by atoms with E-state index in [0.717, 1.165) is 0 Å². The van der Waals surface area contributed by atoms with Crippen molar-refractivity contribution < 1.29 is 9.13 Å². The number of halogens is 2. The summed E-state index contributed by atoms with van der Waals surface area (Å²) in [6.07, 6.45) is 0. The van der Waals surface area contributed by atoms with Crippen molar-refractivity contribution in [2.45, 2.75) is 0 Å². The molecule has 2 nitrogen and oxygen atoms in total. The highest BCUT2D eigenvalue weighted by molar-refractivity contribution is 9.10. The van der Waals surface area contributed by atoms with Gasteiger partial charge in [0, 0.05) is 4.47 Å². The molecule has 2 rings (SSSR count). The first-order valence-electron chi connectivity index (χ1n) is 4.83. The first-order valence-corrected chi connectivity index (χ1v) is 5.62. The van der Waals surface area contributed by atoms with Gasteiger partial charge in [-0.3, -0.25) is 0 Å². The smallest absolute Gasteiger partial charge is 0.166 e. The fourth-order valence-electron chi connectivity index (χ4n) is 1.32. The van der Waals surface area contributed by atoms with Crippen molar-refractivity contribution in [2.24, 2.45) is 0 Å². The quantitative estimate of drug-likeness (QED) is 0.828. The average Bonchev–Trinajstić information content (AvgIpc) is 2.33. The molecule has 0 amide bonds. The van der Waals surface area contributed by atoms with Gasteiger partial charge in [0.25, 0.3) is 0 Å². The zero-order valence-electron chi connectivity index (χ0n) is 8.65. The molecule has 0 fully saturated rings. The van der Waals surface area contributed by atoms with Crippen molar-refractivity contribution in [3.8, 4) is 17.6 Å². The highest BCUT2D eigenvalue weighted by Gasteiger charge is 2.08. The van der Waals surface area contributed by atoms with E-state index in [1.54, 1.807) is 30.3 Å². The van der Waals surface area contributed by atoms with Crippen molar-refractivity contribution >= 4 is 15.9 Å². The van der Waals surface area contributed by atoms with Gasteiger partial charge in [-0.25, -0.2) is 4.39 Å². The SMILES string of the molecule is N#Cc1ccccc1Oc1ccc(Br)cc1F. The van der Waals surface area contributed by atoms with E-state index < -0.39 is 5.82 Å². The Bertz CT molecular complexity index is 592. The average molecular weight is 292 g/mol. The molecular formula is C13H7BrFNO. The summed E-state index contributed by atoms with van der Waals surface area (Å²) in [6.45, 7) is 0. The Morgan fingerprint density at radius 2 is 1.88 bits per heavy atom. The number of para-hydroxylation sites is 1. The second-order valence-electron chi connectivity index (χ2n) is 3.28. The van der Waals surface area contributed by atoms with Gasteiger partial charge in [0.15, 0.2) is 11.6 Å². The fraction of sp³-hybridized carbons (Fsp3) is 0. The summed E-state index contributed by atoms with van der Waals surface area (Å²) < 4.78 is 19.5. The molecule has 0 radical (unpaired) electrons. The van der Waals surface area contributed by atoms with Crippen LogP contribution in [0.4, 0.5) is 4.39 Å². The van der Waals surface area contributed by atoms with Crippen LogP contribution in [0, 0.1) is 17.1 Å². The summed E-state index contributed by atoms with van der Waals surface area (Å²) in [6, 6.07) is 13.2. The number of rotatable bonds is 2. The molecule has 2 aromatic rings. The lowest BCUT2D eigenvalue weighted by Gasteiger charge is -2.08. The molecule has 0 atom stereocenters. The van der Waals surface area contributed by atoms with Gasteiger partial charge in [-0.1, -0.05) is 28.1 Å². The van der Waals surface area contributed by atoms with E-state index in [-0.39, 0.29) is 5.75 Å². The molecule has 17 heavy (non-hydrogen) atoms. The number of benzene rings is 2. The molecular weight excluding hydrogens is 285 g/mol. The first kappa shape index (κ1) is 11.6. The second-order valence-corrected chi connectivity index (χ2v) is 4.20. The van der Waals surface area contributed by atoms with Gasteiger partial charge in [0.2, 0.25) is 0 Å². The van der Waals surface area contributed by atoms with Crippen LogP contribution < -0.4 is 4.74 Å². The van der Waals surface area contributed by atoms with Gasteiger partial charge in [-0.15, -0.1) is 0 Å². The Balaban J connectivity index is 2.35. The highest BCUT2D eigenvalue weighted by atomic mass is 79.9. The molecule has 0 unspecified atom stereocenters. The molecule has 0 aliphatic carbocycles. The lowest BCUT2D eigenvalue weighted by atomic mass is 10.2. The van der Waals surface area contributed by atoms with Crippen molar-refractivity contribution in [1.29, 1.82) is 5.26 Å². The molecule has 2 aromatic carbocycles. The van der Waals surface area contributed by atoms with E-state index in [9.17, 15) is 4.39 Å². The topological polar surface area (TPSA) is 33.0 Å². The molecule has 0 heterocycles. The zero-order chi connectivity index (χ0) is 12.3. The largest absolute Gasteiger partial charge is 0.453 e. The molecule has 84 valence electrons. The summed E-state index contributed by atoms with van der Waals surface area (Å²) in [7, 11) is 0. The normalized spacial score (nSPS) is 9.71. The third kappa shape index (κ3) is 2.63. The lowest BCUT2D eigenvalue weighted by molar-refractivity contribution is 0.441.